The van der Waals surface area contributed by atoms with Gasteiger partial charge in [0, 0.05) is 30.8 Å². The molecular formula is C14H21N3O3. The van der Waals surface area contributed by atoms with Crippen molar-refractivity contribution in [2.24, 2.45) is 5.73 Å². The van der Waals surface area contributed by atoms with E-state index in [4.69, 9.17) is 15.2 Å². The van der Waals surface area contributed by atoms with E-state index in [1.807, 2.05) is 25.1 Å². The number of hydrogen-bond donors (Lipinski definition) is 2. The van der Waals surface area contributed by atoms with Crippen molar-refractivity contribution in [1.82, 2.24) is 10.2 Å². The van der Waals surface area contributed by atoms with Crippen LogP contribution in [0.5, 0.6) is 11.5 Å². The predicted molar refractivity (Wildman–Crippen MR) is 76.1 cm³/mol. The maximum atomic E-state index is 11.4. The standard InChI is InChI=1S/C14H21N3O3/c1-10(15)12-4-3-11(19-2)9-13(12)20-8-7-17-6-5-16-14(17)18/h3-4,9-10H,5-8,15H2,1-2H3,(H,16,18)/t10-/m1/s1. The lowest BCUT2D eigenvalue weighted by Gasteiger charge is -2.18. The number of nitrogens with zero attached hydrogens (tertiary/aromatic N) is 1. The van der Waals surface area contributed by atoms with Crippen molar-refractivity contribution in [2.75, 3.05) is 33.4 Å². The molecule has 0 radical (unpaired) electrons. The van der Waals surface area contributed by atoms with Crippen LogP contribution in [0.4, 0.5) is 4.79 Å². The van der Waals surface area contributed by atoms with Gasteiger partial charge in [0.1, 0.15) is 18.1 Å². The van der Waals surface area contributed by atoms with Crippen LogP contribution in [-0.4, -0.2) is 44.3 Å². The second-order valence-corrected chi connectivity index (χ2v) is 4.76. The number of hydrogen-bond acceptors (Lipinski definition) is 4. The molecule has 1 fully saturated rings. The minimum absolute atomic E-state index is 0.0355. The van der Waals surface area contributed by atoms with Gasteiger partial charge in [0.25, 0.3) is 0 Å². The van der Waals surface area contributed by atoms with Crippen molar-refractivity contribution in [1.29, 1.82) is 0 Å². The van der Waals surface area contributed by atoms with Gasteiger partial charge in [0.15, 0.2) is 0 Å². The molecule has 6 nitrogen and oxygen atoms in total. The smallest absolute Gasteiger partial charge is 0.317 e. The molecule has 1 heterocycles. The molecule has 0 aromatic heterocycles. The summed E-state index contributed by atoms with van der Waals surface area (Å²) in [5.41, 5.74) is 6.85. The number of carbonyl (C=O) groups excluding carboxylic acids is 1. The monoisotopic (exact) mass is 279 g/mol. The zero-order valence-electron chi connectivity index (χ0n) is 11.9. The highest BCUT2D eigenvalue weighted by Gasteiger charge is 2.19. The molecule has 1 aliphatic heterocycles. The minimum Gasteiger partial charge on any atom is -0.497 e. The van der Waals surface area contributed by atoms with E-state index in [2.05, 4.69) is 5.32 Å². The minimum atomic E-state index is -0.119. The number of carbonyl (C=O) groups is 1. The third-order valence-corrected chi connectivity index (χ3v) is 3.28. The maximum Gasteiger partial charge on any atom is 0.317 e. The summed E-state index contributed by atoms with van der Waals surface area (Å²) < 4.78 is 11.0. The fourth-order valence-corrected chi connectivity index (χ4v) is 2.13. The van der Waals surface area contributed by atoms with Crippen molar-refractivity contribution < 1.29 is 14.3 Å². The van der Waals surface area contributed by atoms with E-state index in [1.165, 1.54) is 0 Å². The van der Waals surface area contributed by atoms with E-state index in [-0.39, 0.29) is 12.1 Å². The molecule has 1 saturated heterocycles. The molecule has 6 heteroatoms. The van der Waals surface area contributed by atoms with Crippen molar-refractivity contribution in [2.45, 2.75) is 13.0 Å². The highest BCUT2D eigenvalue weighted by Crippen LogP contribution is 2.28. The first-order chi connectivity index (χ1) is 9.61. The molecule has 2 rings (SSSR count). The predicted octanol–water partition coefficient (Wildman–Crippen LogP) is 1.12. The van der Waals surface area contributed by atoms with Crippen molar-refractivity contribution in [3.63, 3.8) is 0 Å². The fraction of sp³-hybridized carbons (Fsp3) is 0.500. The molecule has 0 saturated carbocycles. The quantitative estimate of drug-likeness (QED) is 0.818. The maximum absolute atomic E-state index is 11.4. The molecule has 110 valence electrons. The van der Waals surface area contributed by atoms with Crippen LogP contribution in [0.15, 0.2) is 18.2 Å². The van der Waals surface area contributed by atoms with Gasteiger partial charge in [-0.05, 0) is 13.0 Å². The number of ether oxygens (including phenoxy) is 2. The van der Waals surface area contributed by atoms with Gasteiger partial charge in [-0.15, -0.1) is 0 Å². The van der Waals surface area contributed by atoms with Gasteiger partial charge in [-0.1, -0.05) is 6.07 Å². The van der Waals surface area contributed by atoms with Crippen LogP contribution in [0, 0.1) is 0 Å². The Morgan fingerprint density at radius 2 is 2.30 bits per heavy atom. The molecule has 1 aromatic rings. The Hall–Kier alpha value is -1.95. The summed E-state index contributed by atoms with van der Waals surface area (Å²) in [7, 11) is 1.61. The lowest BCUT2D eigenvalue weighted by molar-refractivity contribution is 0.202. The molecule has 20 heavy (non-hydrogen) atoms. The summed E-state index contributed by atoms with van der Waals surface area (Å²) in [5, 5.41) is 2.76. The highest BCUT2D eigenvalue weighted by atomic mass is 16.5. The lowest BCUT2D eigenvalue weighted by atomic mass is 10.1. The number of rotatable bonds is 6. The topological polar surface area (TPSA) is 76.8 Å². The number of urea groups is 1. The van der Waals surface area contributed by atoms with Crippen LogP contribution >= 0.6 is 0 Å². The van der Waals surface area contributed by atoms with Crippen LogP contribution < -0.4 is 20.5 Å². The number of nitrogens with two attached hydrogens (primary N) is 1. The van der Waals surface area contributed by atoms with E-state index < -0.39 is 0 Å². The van der Waals surface area contributed by atoms with E-state index in [0.717, 1.165) is 17.9 Å². The zero-order chi connectivity index (χ0) is 14.5. The van der Waals surface area contributed by atoms with Crippen LogP contribution in [-0.2, 0) is 0 Å². The molecule has 1 aromatic carbocycles. The van der Waals surface area contributed by atoms with Crippen molar-refractivity contribution in [3.05, 3.63) is 23.8 Å². The first-order valence-electron chi connectivity index (χ1n) is 6.71. The molecule has 3 N–H and O–H groups in total. The number of nitrogens with one attached hydrogen (secondary N) is 1. The molecule has 0 unspecified atom stereocenters. The van der Waals surface area contributed by atoms with Gasteiger partial charge in [0.05, 0.1) is 13.7 Å². The molecule has 1 atom stereocenters. The van der Waals surface area contributed by atoms with Gasteiger partial charge in [-0.3, -0.25) is 0 Å². The van der Waals surface area contributed by atoms with Crippen LogP contribution in [0.3, 0.4) is 0 Å². The highest BCUT2D eigenvalue weighted by molar-refractivity contribution is 5.76. The van der Waals surface area contributed by atoms with Gasteiger partial charge < -0.3 is 25.4 Å². The number of methoxy groups -OCH3 is 1. The largest absolute Gasteiger partial charge is 0.497 e. The van der Waals surface area contributed by atoms with E-state index in [1.54, 1.807) is 12.0 Å². The fourth-order valence-electron chi connectivity index (χ4n) is 2.13. The van der Waals surface area contributed by atoms with Crippen molar-refractivity contribution >= 4 is 6.03 Å². The normalized spacial score (nSPS) is 15.9. The van der Waals surface area contributed by atoms with E-state index in [0.29, 0.717) is 25.4 Å². The zero-order valence-corrected chi connectivity index (χ0v) is 11.9. The Morgan fingerprint density at radius 3 is 2.90 bits per heavy atom. The van der Waals surface area contributed by atoms with Gasteiger partial charge in [0.2, 0.25) is 0 Å². The Morgan fingerprint density at radius 1 is 1.50 bits per heavy atom. The average Bonchev–Trinajstić information content (AvgIpc) is 2.84. The van der Waals surface area contributed by atoms with Gasteiger partial charge in [-0.25, -0.2) is 4.79 Å². The van der Waals surface area contributed by atoms with Crippen LogP contribution in [0.25, 0.3) is 0 Å². The third kappa shape index (κ3) is 3.33. The molecule has 1 aliphatic rings. The van der Waals surface area contributed by atoms with Crippen LogP contribution in [0.1, 0.15) is 18.5 Å². The van der Waals surface area contributed by atoms with Gasteiger partial charge in [-0.2, -0.15) is 0 Å². The van der Waals surface area contributed by atoms with Crippen molar-refractivity contribution in [3.8, 4) is 11.5 Å². The second kappa shape index (κ2) is 6.47. The first kappa shape index (κ1) is 14.5. The summed E-state index contributed by atoms with van der Waals surface area (Å²) in [6.45, 7) is 4.31. The Kier molecular flexibility index (Phi) is 4.68. The van der Waals surface area contributed by atoms with E-state index >= 15 is 0 Å². The second-order valence-electron chi connectivity index (χ2n) is 4.76. The first-order valence-corrected chi connectivity index (χ1v) is 6.71. The lowest BCUT2D eigenvalue weighted by Crippen LogP contribution is -2.32. The number of amides is 2. The Bertz CT molecular complexity index is 477. The Balaban J connectivity index is 1.98. The SMILES string of the molecule is COc1ccc([C@@H](C)N)c(OCCN2CCNC2=O)c1. The molecule has 0 bridgehead atoms. The van der Waals surface area contributed by atoms with Crippen LogP contribution in [0.2, 0.25) is 0 Å². The van der Waals surface area contributed by atoms with E-state index in [9.17, 15) is 4.79 Å². The van der Waals surface area contributed by atoms with Gasteiger partial charge >= 0.3 is 6.03 Å². The summed E-state index contributed by atoms with van der Waals surface area (Å²) in [6, 6.07) is 5.43. The number of benzene rings is 1. The summed E-state index contributed by atoms with van der Waals surface area (Å²) in [6.07, 6.45) is 0. The summed E-state index contributed by atoms with van der Waals surface area (Å²) in [5.74, 6) is 1.43. The molecule has 2 amide bonds. The molecule has 0 aliphatic carbocycles. The summed E-state index contributed by atoms with van der Waals surface area (Å²) >= 11 is 0. The molecule has 0 spiro atoms. The third-order valence-electron chi connectivity index (χ3n) is 3.28. The molecular weight excluding hydrogens is 258 g/mol. The average molecular weight is 279 g/mol. The Labute approximate surface area is 118 Å². The summed E-state index contributed by atoms with van der Waals surface area (Å²) in [4.78, 5) is 13.1.